The summed E-state index contributed by atoms with van der Waals surface area (Å²) in [6.45, 7) is 6.94. The van der Waals surface area contributed by atoms with E-state index in [2.05, 4.69) is 15.1 Å². The van der Waals surface area contributed by atoms with Crippen molar-refractivity contribution in [2.24, 2.45) is 0 Å². The summed E-state index contributed by atoms with van der Waals surface area (Å²) < 4.78 is 5.37. The zero-order valence-electron chi connectivity index (χ0n) is 16.2. The fraction of sp³-hybridized carbons (Fsp3) is 0.526. The molecule has 2 aromatic heterocycles. The molecule has 2 aromatic rings. The average molecular weight is 371 g/mol. The second-order valence-electron chi connectivity index (χ2n) is 7.24. The van der Waals surface area contributed by atoms with Crippen molar-refractivity contribution >= 4 is 11.8 Å². The van der Waals surface area contributed by atoms with E-state index in [-0.39, 0.29) is 24.3 Å². The van der Waals surface area contributed by atoms with E-state index in [1.165, 1.54) is 0 Å². The first-order valence-electron chi connectivity index (χ1n) is 9.16. The highest BCUT2D eigenvalue weighted by molar-refractivity contribution is 5.85. The quantitative estimate of drug-likeness (QED) is 0.772. The molecule has 8 heteroatoms. The molecule has 144 valence electrons. The van der Waals surface area contributed by atoms with Crippen molar-refractivity contribution in [2.45, 2.75) is 46.1 Å². The lowest BCUT2D eigenvalue weighted by molar-refractivity contribution is -0.137. The van der Waals surface area contributed by atoms with Crippen molar-refractivity contribution in [1.29, 1.82) is 0 Å². The third-order valence-electron chi connectivity index (χ3n) is 4.61. The van der Waals surface area contributed by atoms with Gasteiger partial charge in [0.2, 0.25) is 11.8 Å². The van der Waals surface area contributed by atoms with Crippen LogP contribution in [0.5, 0.6) is 0 Å². The summed E-state index contributed by atoms with van der Waals surface area (Å²) in [5, 5.41) is 3.93. The second kappa shape index (κ2) is 7.85. The number of aromatic nitrogens is 3. The molecule has 0 aromatic carbocycles. The van der Waals surface area contributed by atoms with Gasteiger partial charge in [-0.2, -0.15) is 0 Å². The van der Waals surface area contributed by atoms with Gasteiger partial charge in [-0.3, -0.25) is 9.59 Å². The molecular weight excluding hydrogens is 346 g/mol. The lowest BCUT2D eigenvalue weighted by Gasteiger charge is -2.22. The van der Waals surface area contributed by atoms with E-state index in [9.17, 15) is 9.59 Å². The Morgan fingerprint density at radius 2 is 2.19 bits per heavy atom. The summed E-state index contributed by atoms with van der Waals surface area (Å²) in [7, 11) is 1.72. The fourth-order valence-electron chi connectivity index (χ4n) is 3.00. The molecule has 1 aliphatic rings. The molecule has 0 N–H and O–H groups in total. The number of hydrogen-bond donors (Lipinski definition) is 0. The van der Waals surface area contributed by atoms with Gasteiger partial charge in [0.1, 0.15) is 5.82 Å². The number of likely N-dealkylation sites (N-methyl/N-ethyl adjacent to an activating group) is 1. The Labute approximate surface area is 158 Å². The van der Waals surface area contributed by atoms with E-state index in [0.29, 0.717) is 36.8 Å². The van der Waals surface area contributed by atoms with Gasteiger partial charge in [0.05, 0.1) is 30.0 Å². The van der Waals surface area contributed by atoms with Crippen LogP contribution in [-0.2, 0) is 16.1 Å². The maximum absolute atomic E-state index is 12.6. The standard InChI is InChI=1S/C19H25N5O3/c1-12(2)19-20-9-14(16-8-13(3)22-27-16)15(21-19)10-23(4)18(26)11-24-7-5-6-17(24)25/h8-9,12H,5-7,10-11H2,1-4H3. The highest BCUT2D eigenvalue weighted by Gasteiger charge is 2.25. The summed E-state index contributed by atoms with van der Waals surface area (Å²) >= 11 is 0. The van der Waals surface area contributed by atoms with Crippen LogP contribution in [0.25, 0.3) is 11.3 Å². The van der Waals surface area contributed by atoms with Crippen LogP contribution in [0.1, 0.15) is 49.8 Å². The van der Waals surface area contributed by atoms with Gasteiger partial charge < -0.3 is 14.3 Å². The van der Waals surface area contributed by atoms with Crippen LogP contribution >= 0.6 is 0 Å². The Morgan fingerprint density at radius 1 is 1.41 bits per heavy atom. The van der Waals surface area contributed by atoms with Gasteiger partial charge >= 0.3 is 0 Å². The molecule has 3 rings (SSSR count). The molecular formula is C19H25N5O3. The maximum Gasteiger partial charge on any atom is 0.242 e. The van der Waals surface area contributed by atoms with E-state index in [0.717, 1.165) is 17.7 Å². The van der Waals surface area contributed by atoms with Gasteiger partial charge in [-0.05, 0) is 13.3 Å². The van der Waals surface area contributed by atoms with Gasteiger partial charge in [-0.25, -0.2) is 9.97 Å². The first-order valence-corrected chi connectivity index (χ1v) is 9.16. The van der Waals surface area contributed by atoms with Gasteiger partial charge in [0.25, 0.3) is 0 Å². The third kappa shape index (κ3) is 4.32. The number of rotatable bonds is 6. The number of carbonyl (C=O) groups excluding carboxylic acids is 2. The molecule has 0 bridgehead atoms. The lowest BCUT2D eigenvalue weighted by atomic mass is 10.1. The fourth-order valence-corrected chi connectivity index (χ4v) is 3.00. The molecule has 27 heavy (non-hydrogen) atoms. The van der Waals surface area contributed by atoms with Crippen LogP contribution in [0.15, 0.2) is 16.8 Å². The molecule has 1 fully saturated rings. The van der Waals surface area contributed by atoms with Crippen molar-refractivity contribution in [3.8, 4) is 11.3 Å². The van der Waals surface area contributed by atoms with E-state index >= 15 is 0 Å². The number of carbonyl (C=O) groups is 2. The molecule has 1 saturated heterocycles. The smallest absolute Gasteiger partial charge is 0.242 e. The Morgan fingerprint density at radius 3 is 2.78 bits per heavy atom. The molecule has 2 amide bonds. The molecule has 1 aliphatic heterocycles. The Bertz CT molecular complexity index is 846. The van der Waals surface area contributed by atoms with Crippen LogP contribution in [0.4, 0.5) is 0 Å². The predicted molar refractivity (Wildman–Crippen MR) is 98.6 cm³/mol. The van der Waals surface area contributed by atoms with Crippen LogP contribution < -0.4 is 0 Å². The second-order valence-corrected chi connectivity index (χ2v) is 7.24. The molecule has 0 radical (unpaired) electrons. The minimum Gasteiger partial charge on any atom is -0.356 e. The van der Waals surface area contributed by atoms with Crippen LogP contribution in [0.2, 0.25) is 0 Å². The number of likely N-dealkylation sites (tertiary alicyclic amines) is 1. The number of nitrogens with zero attached hydrogens (tertiary/aromatic N) is 5. The molecule has 0 aliphatic carbocycles. The average Bonchev–Trinajstić information content (AvgIpc) is 3.23. The van der Waals surface area contributed by atoms with Crippen molar-refractivity contribution in [1.82, 2.24) is 24.9 Å². The van der Waals surface area contributed by atoms with Gasteiger partial charge in [-0.15, -0.1) is 0 Å². The largest absolute Gasteiger partial charge is 0.356 e. The van der Waals surface area contributed by atoms with Gasteiger partial charge in [-0.1, -0.05) is 19.0 Å². The van der Waals surface area contributed by atoms with Gasteiger partial charge in [0, 0.05) is 38.2 Å². The number of hydrogen-bond acceptors (Lipinski definition) is 6. The van der Waals surface area contributed by atoms with Crippen LogP contribution in [-0.4, -0.2) is 56.9 Å². The molecule has 3 heterocycles. The Balaban J connectivity index is 1.81. The lowest BCUT2D eigenvalue weighted by Crippen LogP contribution is -2.38. The topological polar surface area (TPSA) is 92.4 Å². The van der Waals surface area contributed by atoms with E-state index in [1.807, 2.05) is 26.8 Å². The summed E-state index contributed by atoms with van der Waals surface area (Å²) in [5.41, 5.74) is 2.19. The van der Waals surface area contributed by atoms with E-state index < -0.39 is 0 Å². The first-order chi connectivity index (χ1) is 12.8. The number of amides is 2. The van der Waals surface area contributed by atoms with Crippen LogP contribution in [0.3, 0.4) is 0 Å². The minimum absolute atomic E-state index is 0.0405. The molecule has 0 saturated carbocycles. The van der Waals surface area contributed by atoms with Crippen molar-refractivity contribution < 1.29 is 14.1 Å². The SMILES string of the molecule is Cc1cc(-c2cnc(C(C)C)nc2CN(C)C(=O)CN2CCCC2=O)on1. The Hall–Kier alpha value is -2.77. The normalized spacial score (nSPS) is 14.3. The van der Waals surface area contributed by atoms with E-state index in [1.54, 1.807) is 23.0 Å². The molecule has 8 nitrogen and oxygen atoms in total. The highest BCUT2D eigenvalue weighted by Crippen LogP contribution is 2.25. The predicted octanol–water partition coefficient (Wildman–Crippen LogP) is 2.14. The molecule has 0 atom stereocenters. The minimum atomic E-state index is -0.116. The van der Waals surface area contributed by atoms with Crippen LogP contribution in [0, 0.1) is 6.92 Å². The van der Waals surface area contributed by atoms with Crippen molar-refractivity contribution in [2.75, 3.05) is 20.1 Å². The van der Waals surface area contributed by atoms with Crippen molar-refractivity contribution in [3.05, 3.63) is 29.5 Å². The maximum atomic E-state index is 12.6. The highest BCUT2D eigenvalue weighted by atomic mass is 16.5. The third-order valence-corrected chi connectivity index (χ3v) is 4.61. The molecule has 0 spiro atoms. The zero-order valence-corrected chi connectivity index (χ0v) is 16.2. The summed E-state index contributed by atoms with van der Waals surface area (Å²) in [4.78, 5) is 36.6. The zero-order chi connectivity index (χ0) is 19.6. The summed E-state index contributed by atoms with van der Waals surface area (Å²) in [6, 6.07) is 1.82. The first kappa shape index (κ1) is 19.0. The van der Waals surface area contributed by atoms with E-state index in [4.69, 9.17) is 4.52 Å². The summed E-state index contributed by atoms with van der Waals surface area (Å²) in [5.74, 6) is 1.37. The Kier molecular flexibility index (Phi) is 5.53. The van der Waals surface area contributed by atoms with Crippen molar-refractivity contribution in [3.63, 3.8) is 0 Å². The van der Waals surface area contributed by atoms with Gasteiger partial charge in [0.15, 0.2) is 5.76 Å². The monoisotopic (exact) mass is 371 g/mol. The number of aryl methyl sites for hydroxylation is 1. The molecule has 0 unspecified atom stereocenters. The summed E-state index contributed by atoms with van der Waals surface area (Å²) in [6.07, 6.45) is 3.06.